The van der Waals surface area contributed by atoms with Gasteiger partial charge in [-0.15, -0.1) is 11.3 Å². The van der Waals surface area contributed by atoms with E-state index in [1.807, 2.05) is 30.3 Å². The van der Waals surface area contributed by atoms with Crippen molar-refractivity contribution < 1.29 is 23.9 Å². The van der Waals surface area contributed by atoms with E-state index in [-0.39, 0.29) is 13.2 Å². The molecule has 24 heavy (non-hydrogen) atoms. The van der Waals surface area contributed by atoms with E-state index in [0.717, 1.165) is 10.5 Å². The summed E-state index contributed by atoms with van der Waals surface area (Å²) in [6.07, 6.45) is -0.712. The molecule has 2 heterocycles. The number of esters is 1. The number of rotatable bonds is 4. The van der Waals surface area contributed by atoms with E-state index < -0.39 is 24.6 Å². The lowest BCUT2D eigenvalue weighted by Gasteiger charge is -2.10. The van der Waals surface area contributed by atoms with Crippen molar-refractivity contribution in [2.75, 3.05) is 19.8 Å². The van der Waals surface area contributed by atoms with Gasteiger partial charge in [-0.05, 0) is 6.92 Å². The molecule has 1 fully saturated rings. The van der Waals surface area contributed by atoms with Crippen LogP contribution in [-0.2, 0) is 14.3 Å². The normalized spacial score (nSPS) is 13.7. The maximum atomic E-state index is 12.2. The molecule has 0 atom stereocenters. The summed E-state index contributed by atoms with van der Waals surface area (Å²) in [5.41, 5.74) is 1.44. The van der Waals surface area contributed by atoms with Gasteiger partial charge in [0.05, 0.1) is 12.2 Å². The number of aromatic nitrogens is 1. The molecule has 1 aromatic heterocycles. The highest BCUT2D eigenvalue weighted by Gasteiger charge is 2.29. The molecule has 1 aliphatic rings. The molecule has 3 rings (SSSR count). The molecule has 124 valence electrons. The minimum atomic E-state index is -0.712. The molecule has 0 radical (unpaired) electrons. The van der Waals surface area contributed by atoms with Crippen LogP contribution in [0.25, 0.3) is 10.6 Å². The first kappa shape index (κ1) is 16.1. The van der Waals surface area contributed by atoms with Gasteiger partial charge < -0.3 is 9.47 Å². The van der Waals surface area contributed by atoms with Crippen LogP contribution in [0.15, 0.2) is 30.3 Å². The van der Waals surface area contributed by atoms with E-state index in [0.29, 0.717) is 15.6 Å². The molecule has 8 heteroatoms. The minimum absolute atomic E-state index is 0.160. The number of cyclic esters (lactones) is 1. The fraction of sp³-hybridized carbons (Fsp3) is 0.250. The predicted molar refractivity (Wildman–Crippen MR) is 85.6 cm³/mol. The van der Waals surface area contributed by atoms with Gasteiger partial charge in [0, 0.05) is 5.56 Å². The van der Waals surface area contributed by atoms with Crippen LogP contribution in [0.1, 0.15) is 15.4 Å². The first-order valence-electron chi connectivity index (χ1n) is 7.23. The number of hydrogen-bond donors (Lipinski definition) is 0. The zero-order valence-electron chi connectivity index (χ0n) is 12.9. The third-order valence-corrected chi connectivity index (χ3v) is 4.58. The van der Waals surface area contributed by atoms with E-state index in [4.69, 9.17) is 4.74 Å². The summed E-state index contributed by atoms with van der Waals surface area (Å²) in [7, 11) is 0. The maximum Gasteiger partial charge on any atom is 0.416 e. The summed E-state index contributed by atoms with van der Waals surface area (Å²) < 4.78 is 9.68. The van der Waals surface area contributed by atoms with Gasteiger partial charge in [-0.1, -0.05) is 30.3 Å². The Labute approximate surface area is 141 Å². The quantitative estimate of drug-likeness (QED) is 0.789. The molecule has 1 aromatic carbocycles. The second kappa shape index (κ2) is 6.79. The third-order valence-electron chi connectivity index (χ3n) is 3.39. The van der Waals surface area contributed by atoms with Crippen LogP contribution in [0.3, 0.4) is 0 Å². The molecule has 2 aromatic rings. The SMILES string of the molecule is Cc1nc(-c2ccccc2)sc1C(=O)OCC(=O)N1CCOC1=O. The highest BCUT2D eigenvalue weighted by molar-refractivity contribution is 7.17. The van der Waals surface area contributed by atoms with Crippen molar-refractivity contribution in [2.24, 2.45) is 0 Å². The fourth-order valence-electron chi connectivity index (χ4n) is 2.18. The Morgan fingerprint density at radius 2 is 2.08 bits per heavy atom. The van der Waals surface area contributed by atoms with E-state index in [1.54, 1.807) is 6.92 Å². The molecule has 0 bridgehead atoms. The number of nitrogens with zero attached hydrogens (tertiary/aromatic N) is 2. The number of amides is 2. The zero-order valence-corrected chi connectivity index (χ0v) is 13.7. The van der Waals surface area contributed by atoms with Gasteiger partial charge in [-0.25, -0.2) is 19.5 Å². The first-order chi connectivity index (χ1) is 11.6. The van der Waals surface area contributed by atoms with Crippen molar-refractivity contribution in [1.82, 2.24) is 9.88 Å². The standard InChI is InChI=1S/C16H14N2O5S/c1-10-13(24-14(17-10)11-5-3-2-4-6-11)15(20)23-9-12(19)18-7-8-22-16(18)21/h2-6H,7-9H2,1H3. The van der Waals surface area contributed by atoms with Crippen LogP contribution in [0.5, 0.6) is 0 Å². The summed E-state index contributed by atoms with van der Waals surface area (Å²) in [5.74, 6) is -1.23. The van der Waals surface area contributed by atoms with Crippen molar-refractivity contribution >= 4 is 29.3 Å². The second-order valence-corrected chi connectivity index (χ2v) is 6.03. The average molecular weight is 346 g/mol. The van der Waals surface area contributed by atoms with Crippen LogP contribution >= 0.6 is 11.3 Å². The van der Waals surface area contributed by atoms with Crippen molar-refractivity contribution in [3.8, 4) is 10.6 Å². The molecule has 1 saturated heterocycles. The summed E-state index contributed by atoms with van der Waals surface area (Å²) in [6.45, 7) is 1.53. The maximum absolute atomic E-state index is 12.2. The zero-order chi connectivity index (χ0) is 17.1. The monoisotopic (exact) mass is 346 g/mol. The molecule has 2 amide bonds. The number of thiazole rings is 1. The minimum Gasteiger partial charge on any atom is -0.451 e. The van der Waals surface area contributed by atoms with Crippen molar-refractivity contribution in [2.45, 2.75) is 6.92 Å². The Morgan fingerprint density at radius 3 is 2.75 bits per heavy atom. The molecule has 0 saturated carbocycles. The van der Waals surface area contributed by atoms with Crippen LogP contribution in [0, 0.1) is 6.92 Å². The molecule has 0 aliphatic carbocycles. The van der Waals surface area contributed by atoms with Gasteiger partial charge in [0.1, 0.15) is 16.5 Å². The number of aryl methyl sites for hydroxylation is 1. The molecule has 0 unspecified atom stereocenters. The molecule has 0 N–H and O–H groups in total. The van der Waals surface area contributed by atoms with E-state index in [1.165, 1.54) is 11.3 Å². The number of hydrogen-bond acceptors (Lipinski definition) is 7. The summed E-state index contributed by atoms with van der Waals surface area (Å²) in [6, 6.07) is 9.47. The van der Waals surface area contributed by atoms with Crippen molar-refractivity contribution in [1.29, 1.82) is 0 Å². The number of imide groups is 1. The van der Waals surface area contributed by atoms with E-state index in [9.17, 15) is 14.4 Å². The Hall–Kier alpha value is -2.74. The highest BCUT2D eigenvalue weighted by Crippen LogP contribution is 2.28. The van der Waals surface area contributed by atoms with Crippen LogP contribution in [0.4, 0.5) is 4.79 Å². The Morgan fingerprint density at radius 1 is 1.33 bits per heavy atom. The summed E-state index contributed by atoms with van der Waals surface area (Å²) in [4.78, 5) is 40.9. The summed E-state index contributed by atoms with van der Waals surface area (Å²) in [5, 5.41) is 0.703. The van der Waals surface area contributed by atoms with E-state index in [2.05, 4.69) is 9.72 Å². The smallest absolute Gasteiger partial charge is 0.416 e. The van der Waals surface area contributed by atoms with Gasteiger partial charge in [0.25, 0.3) is 5.91 Å². The van der Waals surface area contributed by atoms with E-state index >= 15 is 0 Å². The molecule has 0 spiro atoms. The van der Waals surface area contributed by atoms with Crippen LogP contribution in [-0.4, -0.2) is 47.6 Å². The van der Waals surface area contributed by atoms with Gasteiger partial charge in [-0.3, -0.25) is 4.79 Å². The Balaban J connectivity index is 1.66. The van der Waals surface area contributed by atoms with Gasteiger partial charge in [0.15, 0.2) is 6.61 Å². The average Bonchev–Trinajstić information content (AvgIpc) is 3.19. The van der Waals surface area contributed by atoms with Gasteiger partial charge in [-0.2, -0.15) is 0 Å². The molecule has 7 nitrogen and oxygen atoms in total. The molecule has 1 aliphatic heterocycles. The lowest BCUT2D eigenvalue weighted by molar-refractivity contribution is -0.131. The van der Waals surface area contributed by atoms with Crippen molar-refractivity contribution in [3.05, 3.63) is 40.9 Å². The largest absolute Gasteiger partial charge is 0.451 e. The topological polar surface area (TPSA) is 85.8 Å². The first-order valence-corrected chi connectivity index (χ1v) is 8.05. The fourth-order valence-corrected chi connectivity index (χ4v) is 3.15. The Kier molecular flexibility index (Phi) is 4.57. The molecular weight excluding hydrogens is 332 g/mol. The lowest BCUT2D eigenvalue weighted by Crippen LogP contribution is -2.35. The molecular formula is C16H14N2O5S. The highest BCUT2D eigenvalue weighted by atomic mass is 32.1. The number of ether oxygens (including phenoxy) is 2. The van der Waals surface area contributed by atoms with Crippen molar-refractivity contribution in [3.63, 3.8) is 0 Å². The number of benzene rings is 1. The lowest BCUT2D eigenvalue weighted by atomic mass is 10.2. The van der Waals surface area contributed by atoms with Crippen LogP contribution in [0.2, 0.25) is 0 Å². The number of carbonyl (C=O) groups is 3. The van der Waals surface area contributed by atoms with Crippen LogP contribution < -0.4 is 0 Å². The van der Waals surface area contributed by atoms with Gasteiger partial charge >= 0.3 is 12.1 Å². The third kappa shape index (κ3) is 3.28. The Bertz CT molecular complexity index is 787. The number of carbonyl (C=O) groups excluding carboxylic acids is 3. The second-order valence-electron chi connectivity index (χ2n) is 5.04. The summed E-state index contributed by atoms with van der Waals surface area (Å²) >= 11 is 1.20. The predicted octanol–water partition coefficient (Wildman–Crippen LogP) is 2.25. The van der Waals surface area contributed by atoms with Gasteiger partial charge in [0.2, 0.25) is 0 Å².